The van der Waals surface area contributed by atoms with Gasteiger partial charge in [-0.1, -0.05) is 65.3 Å². The standard InChI is InChI=1S/C21H24ClN5O.2C2H6/c1-13(2)19-24-25-26-27(19)18-11-15(14-6-8-17(22)9-7-14)10-16(12-18)20(28)23-21(3,4)5;2*1-2/h6-13H,1-5H3,(H,23,28);2*1-2H3. The third kappa shape index (κ3) is 7.45. The first-order chi connectivity index (χ1) is 15.1. The Hall–Kier alpha value is -2.73. The monoisotopic (exact) mass is 457 g/mol. The molecule has 1 amide bonds. The predicted octanol–water partition coefficient (Wildman–Crippen LogP) is 6.69. The Morgan fingerprint density at radius 1 is 0.969 bits per heavy atom. The minimum atomic E-state index is -0.342. The van der Waals surface area contributed by atoms with Crippen molar-refractivity contribution in [3.05, 3.63) is 58.9 Å². The highest BCUT2D eigenvalue weighted by molar-refractivity contribution is 6.30. The van der Waals surface area contributed by atoms with Crippen LogP contribution in [-0.4, -0.2) is 31.7 Å². The van der Waals surface area contributed by atoms with Crippen LogP contribution in [0.4, 0.5) is 0 Å². The fourth-order valence-electron chi connectivity index (χ4n) is 2.82. The molecule has 7 heteroatoms. The van der Waals surface area contributed by atoms with E-state index in [-0.39, 0.29) is 17.4 Å². The van der Waals surface area contributed by atoms with Crippen LogP contribution in [0.3, 0.4) is 0 Å². The number of benzene rings is 2. The summed E-state index contributed by atoms with van der Waals surface area (Å²) >= 11 is 6.03. The fourth-order valence-corrected chi connectivity index (χ4v) is 2.95. The van der Waals surface area contributed by atoms with Crippen molar-refractivity contribution in [3.63, 3.8) is 0 Å². The molecule has 0 saturated heterocycles. The van der Waals surface area contributed by atoms with Crippen molar-refractivity contribution in [1.29, 1.82) is 0 Å². The fraction of sp³-hybridized carbons (Fsp3) is 0.440. The van der Waals surface area contributed by atoms with E-state index in [9.17, 15) is 4.79 Å². The van der Waals surface area contributed by atoms with Gasteiger partial charge < -0.3 is 5.32 Å². The van der Waals surface area contributed by atoms with Gasteiger partial charge in [-0.3, -0.25) is 4.79 Å². The van der Waals surface area contributed by atoms with E-state index in [0.717, 1.165) is 22.6 Å². The number of hydrogen-bond donors (Lipinski definition) is 1. The Kier molecular flexibility index (Phi) is 10.5. The lowest BCUT2D eigenvalue weighted by Crippen LogP contribution is -2.40. The number of carbonyl (C=O) groups excluding carboxylic acids is 1. The Balaban J connectivity index is 0.00000121. The van der Waals surface area contributed by atoms with E-state index in [2.05, 4.69) is 20.8 Å². The Morgan fingerprint density at radius 3 is 2.09 bits per heavy atom. The molecule has 174 valence electrons. The van der Waals surface area contributed by atoms with Gasteiger partial charge >= 0.3 is 0 Å². The summed E-state index contributed by atoms with van der Waals surface area (Å²) < 4.78 is 1.68. The molecule has 0 aliphatic rings. The molecule has 3 rings (SSSR count). The molecule has 2 aromatic carbocycles. The van der Waals surface area contributed by atoms with Gasteiger partial charge in [-0.25, -0.2) is 0 Å². The Morgan fingerprint density at radius 2 is 1.56 bits per heavy atom. The molecule has 0 aliphatic carbocycles. The summed E-state index contributed by atoms with van der Waals surface area (Å²) in [4.78, 5) is 12.8. The van der Waals surface area contributed by atoms with Crippen LogP contribution in [0.5, 0.6) is 0 Å². The Bertz CT molecular complexity index is 988. The normalized spacial score (nSPS) is 10.6. The zero-order valence-corrected chi connectivity index (χ0v) is 21.4. The first kappa shape index (κ1) is 27.3. The van der Waals surface area contributed by atoms with E-state index in [1.54, 1.807) is 4.68 Å². The largest absolute Gasteiger partial charge is 0.347 e. The summed E-state index contributed by atoms with van der Waals surface area (Å²) in [6.07, 6.45) is 0. The molecule has 1 heterocycles. The van der Waals surface area contributed by atoms with Crippen molar-refractivity contribution >= 4 is 17.5 Å². The molecule has 6 nitrogen and oxygen atoms in total. The zero-order valence-electron chi connectivity index (χ0n) is 20.7. The van der Waals surface area contributed by atoms with E-state index in [0.29, 0.717) is 10.6 Å². The summed E-state index contributed by atoms with van der Waals surface area (Å²) in [5.74, 6) is 0.722. The van der Waals surface area contributed by atoms with Gasteiger partial charge in [0.1, 0.15) is 0 Å². The van der Waals surface area contributed by atoms with Crippen LogP contribution < -0.4 is 5.32 Å². The zero-order chi connectivity index (χ0) is 24.5. The Labute approximate surface area is 197 Å². The first-order valence-electron chi connectivity index (χ1n) is 11.2. The molecule has 0 unspecified atom stereocenters. The van der Waals surface area contributed by atoms with Crippen molar-refractivity contribution in [2.75, 3.05) is 0 Å². The van der Waals surface area contributed by atoms with Crippen LogP contribution in [0, 0.1) is 0 Å². The number of nitrogens with zero attached hydrogens (tertiary/aromatic N) is 4. The lowest BCUT2D eigenvalue weighted by atomic mass is 10.0. The highest BCUT2D eigenvalue weighted by Gasteiger charge is 2.19. The van der Waals surface area contributed by atoms with Crippen LogP contribution in [0.2, 0.25) is 5.02 Å². The van der Waals surface area contributed by atoms with Gasteiger partial charge in [0.05, 0.1) is 5.69 Å². The molecular formula is C25H36ClN5O. The smallest absolute Gasteiger partial charge is 0.251 e. The van der Waals surface area contributed by atoms with Gasteiger partial charge in [0.15, 0.2) is 5.82 Å². The molecule has 0 fully saturated rings. The quantitative estimate of drug-likeness (QED) is 0.473. The van der Waals surface area contributed by atoms with E-state index in [1.807, 2.05) is 105 Å². The maximum Gasteiger partial charge on any atom is 0.251 e. The summed E-state index contributed by atoms with van der Waals surface area (Å²) in [5, 5.41) is 15.7. The third-order valence-electron chi connectivity index (χ3n) is 4.10. The summed E-state index contributed by atoms with van der Waals surface area (Å²) in [6.45, 7) is 17.9. The van der Waals surface area contributed by atoms with Crippen molar-refractivity contribution in [2.45, 2.75) is 73.8 Å². The number of aromatic nitrogens is 4. The minimum absolute atomic E-state index is 0.140. The molecular weight excluding hydrogens is 422 g/mol. The lowest BCUT2D eigenvalue weighted by Gasteiger charge is -2.21. The highest BCUT2D eigenvalue weighted by atomic mass is 35.5. The number of amides is 1. The summed E-state index contributed by atoms with van der Waals surface area (Å²) in [5.41, 5.74) is 2.78. The van der Waals surface area contributed by atoms with E-state index < -0.39 is 0 Å². The molecule has 0 bridgehead atoms. The van der Waals surface area contributed by atoms with Crippen LogP contribution in [0.15, 0.2) is 42.5 Å². The number of halogens is 1. The topological polar surface area (TPSA) is 72.7 Å². The molecule has 3 aromatic rings. The molecule has 1 N–H and O–H groups in total. The number of carbonyl (C=O) groups is 1. The van der Waals surface area contributed by atoms with Crippen molar-refractivity contribution in [3.8, 4) is 16.8 Å². The first-order valence-corrected chi connectivity index (χ1v) is 11.5. The lowest BCUT2D eigenvalue weighted by molar-refractivity contribution is 0.0919. The van der Waals surface area contributed by atoms with Crippen LogP contribution in [0.1, 0.15) is 84.4 Å². The predicted molar refractivity (Wildman–Crippen MR) is 134 cm³/mol. The number of nitrogens with one attached hydrogen (secondary N) is 1. The number of tetrazole rings is 1. The maximum atomic E-state index is 12.8. The van der Waals surface area contributed by atoms with Crippen molar-refractivity contribution < 1.29 is 4.79 Å². The van der Waals surface area contributed by atoms with Gasteiger partial charge in [0.25, 0.3) is 5.91 Å². The SMILES string of the molecule is CC.CC.CC(C)c1nnnn1-c1cc(C(=O)NC(C)(C)C)cc(-c2ccc(Cl)cc2)c1. The highest BCUT2D eigenvalue weighted by Crippen LogP contribution is 2.27. The van der Waals surface area contributed by atoms with Gasteiger partial charge in [-0.05, 0) is 72.7 Å². The molecule has 0 spiro atoms. The second-order valence-corrected chi connectivity index (χ2v) is 8.52. The molecule has 1 aromatic heterocycles. The molecule has 0 saturated carbocycles. The summed E-state index contributed by atoms with van der Waals surface area (Å²) in [7, 11) is 0. The van der Waals surface area contributed by atoms with Crippen molar-refractivity contribution in [1.82, 2.24) is 25.5 Å². The maximum absolute atomic E-state index is 12.8. The average molecular weight is 458 g/mol. The van der Waals surface area contributed by atoms with Crippen LogP contribution in [-0.2, 0) is 0 Å². The second-order valence-electron chi connectivity index (χ2n) is 8.08. The number of rotatable bonds is 4. The molecule has 0 aliphatic heterocycles. The average Bonchev–Trinajstić information content (AvgIpc) is 3.26. The number of hydrogen-bond acceptors (Lipinski definition) is 4. The van der Waals surface area contributed by atoms with Crippen molar-refractivity contribution in [2.24, 2.45) is 0 Å². The summed E-state index contributed by atoms with van der Waals surface area (Å²) in [6, 6.07) is 13.2. The van der Waals surface area contributed by atoms with E-state index in [1.165, 1.54) is 0 Å². The van der Waals surface area contributed by atoms with Gasteiger partial charge in [-0.15, -0.1) is 5.10 Å². The molecule has 0 radical (unpaired) electrons. The third-order valence-corrected chi connectivity index (χ3v) is 4.35. The second kappa shape index (κ2) is 12.3. The van der Waals surface area contributed by atoms with E-state index in [4.69, 9.17) is 11.6 Å². The molecule has 32 heavy (non-hydrogen) atoms. The van der Waals surface area contributed by atoms with Gasteiger partial charge in [0, 0.05) is 22.0 Å². The van der Waals surface area contributed by atoms with Crippen LogP contribution in [0.25, 0.3) is 16.8 Å². The van der Waals surface area contributed by atoms with Gasteiger partial charge in [0.2, 0.25) is 0 Å². The van der Waals surface area contributed by atoms with E-state index >= 15 is 0 Å². The minimum Gasteiger partial charge on any atom is -0.347 e. The van der Waals surface area contributed by atoms with Crippen LogP contribution >= 0.6 is 11.6 Å². The van der Waals surface area contributed by atoms with Gasteiger partial charge in [-0.2, -0.15) is 4.68 Å². The molecule has 0 atom stereocenters.